The summed E-state index contributed by atoms with van der Waals surface area (Å²) in [4.78, 5) is 0. The van der Waals surface area contributed by atoms with Gasteiger partial charge in [0.15, 0.2) is 0 Å². The number of hydrogen-bond acceptors (Lipinski definition) is 0. The van der Waals surface area contributed by atoms with Crippen LogP contribution in [0.3, 0.4) is 0 Å². The van der Waals surface area contributed by atoms with E-state index in [4.69, 9.17) is 0 Å². The first kappa shape index (κ1) is 28.2. The molecule has 136 valence electrons. The van der Waals surface area contributed by atoms with Crippen molar-refractivity contribution in [3.8, 4) is 0 Å². The Bertz CT molecular complexity index is 202. The monoisotopic (exact) mass is 382 g/mol. The van der Waals surface area contributed by atoms with Gasteiger partial charge in [-0.1, -0.05) is 0 Å². The third kappa shape index (κ3) is 1430000. The second-order valence-electron chi connectivity index (χ2n) is 3.07. The van der Waals surface area contributed by atoms with Crippen molar-refractivity contribution in [3.05, 3.63) is 0 Å². The summed E-state index contributed by atoms with van der Waals surface area (Å²) >= 11 is 0. The molecule has 0 aliphatic rings. The summed E-state index contributed by atoms with van der Waals surface area (Å²) in [6, 6.07) is 0. The van der Waals surface area contributed by atoms with Crippen LogP contribution in [0.1, 0.15) is 0 Å². The van der Waals surface area contributed by atoms with E-state index in [0.717, 1.165) is 0 Å². The van der Waals surface area contributed by atoms with E-state index in [0.29, 0.717) is 0 Å². The van der Waals surface area contributed by atoms with Crippen molar-refractivity contribution in [2.24, 2.45) is 0 Å². The molecule has 0 saturated heterocycles. The van der Waals surface area contributed by atoms with E-state index in [9.17, 15) is 50.4 Å². The van der Waals surface area contributed by atoms with Crippen LogP contribution in [0, 0.1) is 0 Å². The summed E-state index contributed by atoms with van der Waals surface area (Å²) in [6.07, 6.45) is 0. The van der Waals surface area contributed by atoms with E-state index in [2.05, 4.69) is 0 Å². The van der Waals surface area contributed by atoms with Crippen LogP contribution in [0.5, 0.6) is 0 Å². The second kappa shape index (κ2) is 5.98. The van der Waals surface area contributed by atoms with Gasteiger partial charge in [-0.15, -0.1) is 0 Å². The molecule has 0 aromatic rings. The van der Waals surface area contributed by atoms with Crippen molar-refractivity contribution in [1.82, 2.24) is 0 Å². The average molecular weight is 382 g/mol. The third-order valence-electron chi connectivity index (χ3n) is 0. The Morgan fingerprint density at radius 2 is 0.400 bits per heavy atom. The third-order valence-corrected chi connectivity index (χ3v) is 0. The Kier molecular flexibility index (Phi) is 8.41. The standard InChI is InChI=1S/2C2H7N.2F6P/c2*1-3-2;2*1-7(2,3,4,5)6/h2*3H,1-2H3;;/q;;2*-1/p+2. The molecule has 2 nitrogen and oxygen atoms in total. The summed E-state index contributed by atoms with van der Waals surface area (Å²) < 4.78 is 118. The molecule has 0 amide bonds. The van der Waals surface area contributed by atoms with Gasteiger partial charge < -0.3 is 10.6 Å². The van der Waals surface area contributed by atoms with Gasteiger partial charge in [0.25, 0.3) is 0 Å². The van der Waals surface area contributed by atoms with Gasteiger partial charge in [-0.2, -0.15) is 0 Å². The van der Waals surface area contributed by atoms with E-state index in [-0.39, 0.29) is 0 Å². The van der Waals surface area contributed by atoms with Gasteiger partial charge in [-0.05, 0) is 0 Å². The van der Waals surface area contributed by atoms with E-state index in [1.165, 1.54) is 0 Å². The molecule has 0 aliphatic heterocycles. The molecule has 0 rings (SSSR count). The van der Waals surface area contributed by atoms with Crippen molar-refractivity contribution in [2.45, 2.75) is 0 Å². The molecule has 20 heavy (non-hydrogen) atoms. The summed E-state index contributed by atoms with van der Waals surface area (Å²) in [7, 11) is -13.3. The van der Waals surface area contributed by atoms with E-state index in [1.807, 2.05) is 38.8 Å². The zero-order valence-corrected chi connectivity index (χ0v) is 12.4. The molecular weight excluding hydrogens is 366 g/mol. The zero-order chi connectivity index (χ0) is 18.2. The molecule has 16 heteroatoms. The van der Waals surface area contributed by atoms with Gasteiger partial charge in [0.05, 0.1) is 28.2 Å². The molecule has 0 bridgehead atoms. The average Bonchev–Trinajstić information content (AvgIpc) is 1.71. The minimum absolute atomic E-state index is 2.00. The van der Waals surface area contributed by atoms with Crippen LogP contribution in [0.2, 0.25) is 0 Å². The molecule has 0 radical (unpaired) electrons. The Hall–Kier alpha value is -0.0600. The van der Waals surface area contributed by atoms with Gasteiger partial charge in [0.2, 0.25) is 0 Å². The van der Waals surface area contributed by atoms with Crippen LogP contribution in [0.25, 0.3) is 0 Å². The summed E-state index contributed by atoms with van der Waals surface area (Å²) in [5.41, 5.74) is 0. The van der Waals surface area contributed by atoms with E-state index >= 15 is 0 Å². The Labute approximate surface area is 106 Å². The molecule has 0 saturated carbocycles. The predicted molar refractivity (Wildman–Crippen MR) is 54.7 cm³/mol. The Balaban J connectivity index is -0.0000000927. The number of hydrogen-bond donors (Lipinski definition) is 2. The number of rotatable bonds is 0. The molecule has 0 unspecified atom stereocenters. The minimum atomic E-state index is -10.7. The summed E-state index contributed by atoms with van der Waals surface area (Å²) in [6.45, 7) is 0. The number of nitrogens with two attached hydrogens (primary N) is 2. The molecular formula is C4H16F12N2P2. The summed E-state index contributed by atoms with van der Waals surface area (Å²) in [5.74, 6) is 0. The first-order chi connectivity index (χ1) is 7.73. The van der Waals surface area contributed by atoms with Gasteiger partial charge in [0.1, 0.15) is 0 Å². The summed E-state index contributed by atoms with van der Waals surface area (Å²) in [5, 5.41) is 4.00. The number of halogens is 12. The van der Waals surface area contributed by atoms with Crippen LogP contribution in [0.15, 0.2) is 0 Å². The van der Waals surface area contributed by atoms with Gasteiger partial charge in [-0.3, -0.25) is 0 Å². The topological polar surface area (TPSA) is 33.2 Å². The van der Waals surface area contributed by atoms with Crippen molar-refractivity contribution in [3.63, 3.8) is 0 Å². The van der Waals surface area contributed by atoms with Gasteiger partial charge in [-0.25, -0.2) is 0 Å². The SMILES string of the molecule is C[NH2+]C.C[NH2+]C.F[P-](F)(F)(F)(F)F.F[P-](F)(F)(F)(F)F. The van der Waals surface area contributed by atoms with Crippen molar-refractivity contribution in [1.29, 1.82) is 0 Å². The predicted octanol–water partition coefficient (Wildman–Crippen LogP) is 4.38. The zero-order valence-electron chi connectivity index (χ0n) is 10.6. The van der Waals surface area contributed by atoms with Crippen LogP contribution in [-0.4, -0.2) is 28.2 Å². The maximum absolute atomic E-state index is 10.7. The number of quaternary nitrogens is 2. The van der Waals surface area contributed by atoms with Crippen LogP contribution < -0.4 is 10.6 Å². The van der Waals surface area contributed by atoms with Crippen molar-refractivity contribution in [2.75, 3.05) is 28.2 Å². The quantitative estimate of drug-likeness (QED) is 0.461. The fourth-order valence-electron chi connectivity index (χ4n) is 0. The molecule has 0 spiro atoms. The van der Waals surface area contributed by atoms with E-state index < -0.39 is 15.6 Å². The van der Waals surface area contributed by atoms with Crippen molar-refractivity contribution >= 4 is 15.6 Å². The molecule has 0 aliphatic carbocycles. The van der Waals surface area contributed by atoms with Crippen LogP contribution in [0.4, 0.5) is 50.4 Å². The van der Waals surface area contributed by atoms with Gasteiger partial charge in [0, 0.05) is 0 Å². The second-order valence-corrected chi connectivity index (χ2v) is 6.90. The van der Waals surface area contributed by atoms with E-state index in [1.54, 1.807) is 0 Å². The Morgan fingerprint density at radius 3 is 0.400 bits per heavy atom. The molecule has 4 N–H and O–H groups in total. The molecule has 0 aromatic heterocycles. The molecule has 0 aromatic carbocycles. The Morgan fingerprint density at radius 1 is 0.400 bits per heavy atom. The fourth-order valence-corrected chi connectivity index (χ4v) is 0. The van der Waals surface area contributed by atoms with Crippen LogP contribution in [-0.2, 0) is 0 Å². The molecule has 0 atom stereocenters. The maximum atomic E-state index is 9.87. The fraction of sp³-hybridized carbons (Fsp3) is 1.00. The molecule has 0 heterocycles. The van der Waals surface area contributed by atoms with Crippen LogP contribution >= 0.6 is 15.6 Å². The first-order valence-electron chi connectivity index (χ1n) is 4.34. The molecule has 0 fully saturated rings. The first-order valence-corrected chi connectivity index (χ1v) is 8.39. The normalized spacial score (nSPS) is 18.0. The van der Waals surface area contributed by atoms with Gasteiger partial charge >= 0.3 is 66.0 Å². The van der Waals surface area contributed by atoms with Crippen molar-refractivity contribution < 1.29 is 61.0 Å².